The van der Waals surface area contributed by atoms with Crippen LogP contribution in [0.25, 0.3) is 38.9 Å². The van der Waals surface area contributed by atoms with E-state index in [0.29, 0.717) is 12.2 Å². The summed E-state index contributed by atoms with van der Waals surface area (Å²) >= 11 is 0. The summed E-state index contributed by atoms with van der Waals surface area (Å²) in [6, 6.07) is 21.1. The molecule has 4 fully saturated rings. The number of rotatable bonds is 7. The first-order valence-electron chi connectivity index (χ1n) is 17.4. The number of benzene rings is 3. The number of nitrogens with zero attached hydrogens (tertiary/aromatic N) is 3. The molecule has 3 unspecified atom stereocenters. The Labute approximate surface area is 286 Å². The van der Waals surface area contributed by atoms with E-state index in [4.69, 9.17) is 20.4 Å². The SMILES string of the molecule is COC(=O)NC1(C(=O)N2CCC[C@H]2c2ncc(-c3ccc(-c4ccc5cc(/C(N)=C/N=C6CC67CCCN7)ccc5c4)cc3)[nH]2)C(C)[C@H]1C. The lowest BCUT2D eigenvalue weighted by Gasteiger charge is -2.29. The largest absolute Gasteiger partial charge is 0.453 e. The number of aromatic amines is 1. The molecule has 0 radical (unpaired) electrons. The molecule has 3 heterocycles. The molecule has 10 nitrogen and oxygen atoms in total. The van der Waals surface area contributed by atoms with Gasteiger partial charge in [-0.3, -0.25) is 9.79 Å². The molecule has 2 amide bonds. The first-order chi connectivity index (χ1) is 23.7. The van der Waals surface area contributed by atoms with E-state index < -0.39 is 11.6 Å². The number of aromatic nitrogens is 2. The molecular weight excluding hydrogens is 614 g/mol. The molecule has 49 heavy (non-hydrogen) atoms. The van der Waals surface area contributed by atoms with Crippen molar-refractivity contribution in [2.24, 2.45) is 22.6 Å². The van der Waals surface area contributed by atoms with Gasteiger partial charge in [-0.25, -0.2) is 9.78 Å². The lowest BCUT2D eigenvalue weighted by atomic mass is 9.98. The minimum atomic E-state index is -0.932. The fourth-order valence-electron chi connectivity index (χ4n) is 8.13. The number of aliphatic imine (C=N–C) groups is 1. The van der Waals surface area contributed by atoms with E-state index in [1.54, 1.807) is 0 Å². The van der Waals surface area contributed by atoms with Crippen molar-refractivity contribution in [3.8, 4) is 22.4 Å². The van der Waals surface area contributed by atoms with Crippen LogP contribution >= 0.6 is 0 Å². The van der Waals surface area contributed by atoms with Crippen molar-refractivity contribution in [2.45, 2.75) is 63.1 Å². The number of H-pyrrole nitrogens is 1. The maximum absolute atomic E-state index is 13.9. The number of alkyl carbamates (subject to hydrolysis) is 1. The number of nitrogens with one attached hydrogen (secondary N) is 3. The molecule has 2 saturated carbocycles. The van der Waals surface area contributed by atoms with Crippen LogP contribution in [0.4, 0.5) is 4.79 Å². The fourth-order valence-corrected chi connectivity index (χ4v) is 8.13. The van der Waals surface area contributed by atoms with Gasteiger partial charge in [0.05, 0.1) is 42.5 Å². The van der Waals surface area contributed by atoms with Crippen LogP contribution in [0.15, 0.2) is 78.1 Å². The van der Waals surface area contributed by atoms with Crippen LogP contribution in [0.5, 0.6) is 0 Å². The molecule has 4 aliphatic rings. The maximum atomic E-state index is 13.9. The van der Waals surface area contributed by atoms with Gasteiger partial charge in [0.25, 0.3) is 0 Å². The Hall–Kier alpha value is -4.96. The van der Waals surface area contributed by atoms with Crippen molar-refractivity contribution in [3.63, 3.8) is 0 Å². The van der Waals surface area contributed by atoms with Crippen molar-refractivity contribution < 1.29 is 14.3 Å². The topological polar surface area (TPSA) is 138 Å². The van der Waals surface area contributed by atoms with Crippen LogP contribution in [-0.2, 0) is 9.53 Å². The number of carbonyl (C=O) groups excluding carboxylic acids is 2. The van der Waals surface area contributed by atoms with E-state index in [1.807, 2.05) is 31.1 Å². The van der Waals surface area contributed by atoms with Gasteiger partial charge in [0.15, 0.2) is 0 Å². The highest BCUT2D eigenvalue weighted by atomic mass is 16.5. The number of ether oxygens (including phenoxy) is 1. The summed E-state index contributed by atoms with van der Waals surface area (Å²) in [6.07, 6.45) is 8.17. The Bertz CT molecular complexity index is 2000. The molecular formula is C39H43N7O3. The third-order valence-corrected chi connectivity index (χ3v) is 11.6. The average Bonchev–Trinajstić information content (AvgIpc) is 3.57. The average molecular weight is 658 g/mol. The Morgan fingerprint density at radius 2 is 1.76 bits per heavy atom. The van der Waals surface area contributed by atoms with Gasteiger partial charge in [0.1, 0.15) is 11.4 Å². The van der Waals surface area contributed by atoms with Crippen LogP contribution in [0.3, 0.4) is 0 Å². The van der Waals surface area contributed by atoms with E-state index in [9.17, 15) is 9.59 Å². The summed E-state index contributed by atoms with van der Waals surface area (Å²) in [5.74, 6) is 0.758. The van der Waals surface area contributed by atoms with Gasteiger partial charge in [-0.1, -0.05) is 62.4 Å². The zero-order valence-electron chi connectivity index (χ0n) is 28.3. The monoisotopic (exact) mass is 657 g/mol. The maximum Gasteiger partial charge on any atom is 0.407 e. The number of hydrogen-bond acceptors (Lipinski definition) is 7. The minimum absolute atomic E-state index is 0.0293. The van der Waals surface area contributed by atoms with Crippen molar-refractivity contribution >= 4 is 34.2 Å². The van der Waals surface area contributed by atoms with Gasteiger partial charge >= 0.3 is 6.09 Å². The Kier molecular flexibility index (Phi) is 7.59. The first kappa shape index (κ1) is 31.3. The van der Waals surface area contributed by atoms with Gasteiger partial charge in [-0.05, 0) is 89.2 Å². The first-order valence-corrected chi connectivity index (χ1v) is 17.4. The second kappa shape index (κ2) is 11.9. The predicted octanol–water partition coefficient (Wildman–Crippen LogP) is 6.17. The van der Waals surface area contributed by atoms with Crippen LogP contribution in [0.1, 0.15) is 63.4 Å². The summed E-state index contributed by atoms with van der Waals surface area (Å²) in [7, 11) is 1.32. The number of nitrogens with two attached hydrogens (primary N) is 1. The Balaban J connectivity index is 0.957. The van der Waals surface area contributed by atoms with Gasteiger partial charge in [0.2, 0.25) is 5.91 Å². The number of carbonyl (C=O) groups is 2. The minimum Gasteiger partial charge on any atom is -0.453 e. The third-order valence-electron chi connectivity index (χ3n) is 11.6. The van der Waals surface area contributed by atoms with Gasteiger partial charge < -0.3 is 31.0 Å². The number of methoxy groups -OCH3 is 1. The Morgan fingerprint density at radius 1 is 1.02 bits per heavy atom. The molecule has 1 spiro atoms. The molecule has 5 N–H and O–H groups in total. The molecule has 10 heteroatoms. The van der Waals surface area contributed by atoms with Gasteiger partial charge in [0, 0.05) is 18.7 Å². The number of fused-ring (bicyclic) bond motifs is 1. The van der Waals surface area contributed by atoms with E-state index in [1.165, 1.54) is 25.7 Å². The molecule has 1 aromatic heterocycles. The standard InChI is InChI=1S/C39H43N7O3/c1-23-24(2)39(23,45-37(48)49-3)36(47)46-17-4-6-33(46)35-42-22-32(44-35)26-9-7-25(8-10-26)27-11-12-29-19-30(14-13-28(29)18-27)31(40)21-41-34-20-38(34)15-5-16-43-38/h7-14,18-19,21-24,33,43H,4-6,15-17,20,40H2,1-3H3,(H,42,44)(H,45,48)/b31-21-,41-34?/t23-,24?,33+,38?,39?/m1/s1. The molecule has 8 rings (SSSR count). The summed E-state index contributed by atoms with van der Waals surface area (Å²) in [6.45, 7) is 5.69. The predicted molar refractivity (Wildman–Crippen MR) is 191 cm³/mol. The van der Waals surface area contributed by atoms with Crippen molar-refractivity contribution in [3.05, 3.63) is 84.4 Å². The molecule has 3 aromatic carbocycles. The van der Waals surface area contributed by atoms with Crippen LogP contribution in [0.2, 0.25) is 0 Å². The van der Waals surface area contributed by atoms with Crippen molar-refractivity contribution in [1.29, 1.82) is 0 Å². The summed E-state index contributed by atoms with van der Waals surface area (Å²) < 4.78 is 4.84. The second-order valence-corrected chi connectivity index (χ2v) is 14.2. The molecule has 0 bridgehead atoms. The molecule has 5 atom stereocenters. The zero-order chi connectivity index (χ0) is 33.9. The number of amides is 2. The van der Waals surface area contributed by atoms with E-state index in [-0.39, 0.29) is 29.3 Å². The van der Waals surface area contributed by atoms with Gasteiger partial charge in [-0.15, -0.1) is 0 Å². The summed E-state index contributed by atoms with van der Waals surface area (Å²) in [5, 5.41) is 8.70. The zero-order valence-corrected chi connectivity index (χ0v) is 28.3. The lowest BCUT2D eigenvalue weighted by Crippen LogP contribution is -2.52. The van der Waals surface area contributed by atoms with E-state index in [2.05, 4.69) is 76.3 Å². The quantitative estimate of drug-likeness (QED) is 0.188. The molecule has 2 aliphatic heterocycles. The highest BCUT2D eigenvalue weighted by Crippen LogP contribution is 2.52. The third kappa shape index (κ3) is 5.38. The van der Waals surface area contributed by atoms with E-state index in [0.717, 1.165) is 70.4 Å². The van der Waals surface area contributed by atoms with Crippen LogP contribution in [-0.4, -0.2) is 63.9 Å². The molecule has 2 aliphatic carbocycles. The fraction of sp³-hybridized carbons (Fsp3) is 0.385. The summed E-state index contributed by atoms with van der Waals surface area (Å²) in [4.78, 5) is 40.8. The number of likely N-dealkylation sites (tertiary alicyclic amines) is 1. The lowest BCUT2D eigenvalue weighted by molar-refractivity contribution is -0.136. The normalized spacial score (nSPS) is 28.4. The summed E-state index contributed by atoms with van der Waals surface area (Å²) in [5.41, 5.74) is 12.7. The molecule has 252 valence electrons. The molecule has 2 saturated heterocycles. The Morgan fingerprint density at radius 3 is 2.49 bits per heavy atom. The highest BCUT2D eigenvalue weighted by Gasteiger charge is 2.67. The second-order valence-electron chi connectivity index (χ2n) is 14.2. The number of imidazole rings is 1. The smallest absolute Gasteiger partial charge is 0.407 e. The van der Waals surface area contributed by atoms with E-state index >= 15 is 0 Å². The van der Waals surface area contributed by atoms with Crippen molar-refractivity contribution in [2.75, 3.05) is 20.2 Å². The highest BCUT2D eigenvalue weighted by molar-refractivity contribution is 6.10. The van der Waals surface area contributed by atoms with Gasteiger partial charge in [-0.2, -0.15) is 0 Å². The van der Waals surface area contributed by atoms with Crippen LogP contribution in [0, 0.1) is 11.8 Å². The number of hydrogen-bond donors (Lipinski definition) is 4. The van der Waals surface area contributed by atoms with Crippen LogP contribution < -0.4 is 16.4 Å². The van der Waals surface area contributed by atoms with Crippen molar-refractivity contribution in [1.82, 2.24) is 25.5 Å². The molecule has 4 aromatic rings.